The number of hydrogen-bond acceptors (Lipinski definition) is 3. The molecule has 1 amide bonds. The molecule has 172 valence electrons. The van der Waals surface area contributed by atoms with Crippen molar-refractivity contribution in [3.63, 3.8) is 0 Å². The summed E-state index contributed by atoms with van der Waals surface area (Å²) in [5.74, 6) is 0.777. The Kier molecular flexibility index (Phi) is 7.46. The molecule has 1 heterocycles. The molecule has 0 unspecified atom stereocenters. The summed E-state index contributed by atoms with van der Waals surface area (Å²) >= 11 is 0. The lowest BCUT2D eigenvalue weighted by molar-refractivity contribution is 0.0931. The first-order chi connectivity index (χ1) is 16.0. The van der Waals surface area contributed by atoms with Crippen molar-refractivity contribution < 1.29 is 4.79 Å². The molecule has 0 aliphatic carbocycles. The number of carbonyl (C=O) groups is 1. The first-order valence-electron chi connectivity index (χ1n) is 12.0. The maximum Gasteiger partial charge on any atom is 0.253 e. The molecule has 4 heteroatoms. The normalized spacial score (nSPS) is 15.2. The number of likely N-dealkylation sites (tertiary alicyclic amines) is 1. The van der Waals surface area contributed by atoms with Crippen molar-refractivity contribution in [2.75, 3.05) is 25.4 Å². The minimum atomic E-state index is -0.0659. The molecule has 0 atom stereocenters. The SMILES string of the molecule is CC(C)c1ccc(N)c(C(=O)NCC2CCN(C(c3ccccc3)c3ccccc3)CC2)c1. The molecular weight excluding hydrogens is 406 g/mol. The fourth-order valence-corrected chi connectivity index (χ4v) is 4.76. The highest BCUT2D eigenvalue weighted by Crippen LogP contribution is 2.32. The molecule has 1 aliphatic heterocycles. The van der Waals surface area contributed by atoms with E-state index in [1.54, 1.807) is 0 Å². The van der Waals surface area contributed by atoms with Crippen LogP contribution in [0.5, 0.6) is 0 Å². The Bertz CT molecular complexity index is 1000. The first kappa shape index (κ1) is 23.1. The average molecular weight is 442 g/mol. The quantitative estimate of drug-likeness (QED) is 0.468. The minimum Gasteiger partial charge on any atom is -0.398 e. The van der Waals surface area contributed by atoms with Crippen molar-refractivity contribution >= 4 is 11.6 Å². The fourth-order valence-electron chi connectivity index (χ4n) is 4.76. The number of carbonyl (C=O) groups excluding carboxylic acids is 1. The van der Waals surface area contributed by atoms with Crippen LogP contribution < -0.4 is 11.1 Å². The van der Waals surface area contributed by atoms with Crippen LogP contribution in [-0.2, 0) is 0 Å². The smallest absolute Gasteiger partial charge is 0.253 e. The lowest BCUT2D eigenvalue weighted by Gasteiger charge is -2.38. The van der Waals surface area contributed by atoms with E-state index in [-0.39, 0.29) is 11.9 Å². The summed E-state index contributed by atoms with van der Waals surface area (Å²) in [6.07, 6.45) is 2.13. The molecule has 1 saturated heterocycles. The van der Waals surface area contributed by atoms with E-state index in [1.165, 1.54) is 11.1 Å². The van der Waals surface area contributed by atoms with Crippen LogP contribution in [0.15, 0.2) is 78.9 Å². The zero-order valence-electron chi connectivity index (χ0n) is 19.7. The highest BCUT2D eigenvalue weighted by atomic mass is 16.1. The average Bonchev–Trinajstić information content (AvgIpc) is 2.85. The highest BCUT2D eigenvalue weighted by molar-refractivity contribution is 5.99. The Morgan fingerprint density at radius 3 is 2.03 bits per heavy atom. The van der Waals surface area contributed by atoms with E-state index in [1.807, 2.05) is 18.2 Å². The molecule has 0 spiro atoms. The maximum absolute atomic E-state index is 12.8. The lowest BCUT2D eigenvalue weighted by Crippen LogP contribution is -2.40. The summed E-state index contributed by atoms with van der Waals surface area (Å²) in [5, 5.41) is 3.15. The van der Waals surface area contributed by atoms with Crippen molar-refractivity contribution in [1.82, 2.24) is 10.2 Å². The molecule has 33 heavy (non-hydrogen) atoms. The van der Waals surface area contributed by atoms with Crippen LogP contribution in [-0.4, -0.2) is 30.4 Å². The second-order valence-electron chi connectivity index (χ2n) is 9.41. The van der Waals surface area contributed by atoms with Crippen LogP contribution >= 0.6 is 0 Å². The summed E-state index contributed by atoms with van der Waals surface area (Å²) in [7, 11) is 0. The van der Waals surface area contributed by atoms with E-state index in [9.17, 15) is 4.79 Å². The van der Waals surface area contributed by atoms with Gasteiger partial charge in [-0.15, -0.1) is 0 Å². The molecule has 3 N–H and O–H groups in total. The van der Waals surface area contributed by atoms with Gasteiger partial charge < -0.3 is 11.1 Å². The summed E-state index contributed by atoms with van der Waals surface area (Å²) in [6.45, 7) is 6.97. The van der Waals surface area contributed by atoms with Crippen molar-refractivity contribution in [3.8, 4) is 0 Å². The van der Waals surface area contributed by atoms with E-state index < -0.39 is 0 Å². The molecule has 4 rings (SSSR count). The second-order valence-corrected chi connectivity index (χ2v) is 9.41. The lowest BCUT2D eigenvalue weighted by atomic mass is 9.91. The van der Waals surface area contributed by atoms with E-state index in [0.29, 0.717) is 29.6 Å². The van der Waals surface area contributed by atoms with Gasteiger partial charge in [-0.1, -0.05) is 80.6 Å². The molecule has 4 nitrogen and oxygen atoms in total. The third kappa shape index (κ3) is 5.63. The zero-order chi connectivity index (χ0) is 23.2. The zero-order valence-corrected chi connectivity index (χ0v) is 19.7. The van der Waals surface area contributed by atoms with Gasteiger partial charge in [-0.25, -0.2) is 0 Å². The summed E-state index contributed by atoms with van der Waals surface area (Å²) in [5.41, 5.74) is 11.0. The molecule has 3 aromatic carbocycles. The van der Waals surface area contributed by atoms with Crippen molar-refractivity contribution in [3.05, 3.63) is 101 Å². The molecular formula is C29H35N3O. The van der Waals surface area contributed by atoms with E-state index >= 15 is 0 Å². The van der Waals surface area contributed by atoms with E-state index in [4.69, 9.17) is 5.73 Å². The second kappa shape index (κ2) is 10.7. The Morgan fingerprint density at radius 1 is 0.909 bits per heavy atom. The number of nitrogens with one attached hydrogen (secondary N) is 1. The third-order valence-electron chi connectivity index (χ3n) is 6.78. The number of hydrogen-bond donors (Lipinski definition) is 2. The summed E-state index contributed by atoms with van der Waals surface area (Å²) in [6, 6.07) is 27.6. The number of anilines is 1. The van der Waals surface area contributed by atoms with Crippen molar-refractivity contribution in [1.29, 1.82) is 0 Å². The number of amides is 1. The van der Waals surface area contributed by atoms with Crippen molar-refractivity contribution in [2.45, 2.75) is 38.6 Å². The maximum atomic E-state index is 12.8. The van der Waals surface area contributed by atoms with Gasteiger partial charge in [0.1, 0.15) is 0 Å². The first-order valence-corrected chi connectivity index (χ1v) is 12.0. The summed E-state index contributed by atoms with van der Waals surface area (Å²) < 4.78 is 0. The molecule has 0 radical (unpaired) electrons. The Morgan fingerprint density at radius 2 is 1.48 bits per heavy atom. The van der Waals surface area contributed by atoms with Crippen LogP contribution in [0, 0.1) is 5.92 Å². The molecule has 1 fully saturated rings. The van der Waals surface area contributed by atoms with Crippen molar-refractivity contribution in [2.24, 2.45) is 5.92 Å². The van der Waals surface area contributed by atoms with Crippen LogP contribution in [0.3, 0.4) is 0 Å². The van der Waals surface area contributed by atoms with Gasteiger partial charge in [-0.2, -0.15) is 0 Å². The van der Waals surface area contributed by atoms with Gasteiger partial charge in [-0.05, 0) is 66.6 Å². The minimum absolute atomic E-state index is 0.0659. The monoisotopic (exact) mass is 441 g/mol. The Labute approximate surface area is 197 Å². The number of nitrogens with two attached hydrogens (primary N) is 1. The number of benzene rings is 3. The predicted molar refractivity (Wildman–Crippen MR) is 136 cm³/mol. The number of nitrogens with zero attached hydrogens (tertiary/aromatic N) is 1. The van der Waals surface area contributed by atoms with Gasteiger partial charge in [0.15, 0.2) is 0 Å². The predicted octanol–water partition coefficient (Wildman–Crippen LogP) is 5.62. The van der Waals surface area contributed by atoms with Gasteiger partial charge >= 0.3 is 0 Å². The highest BCUT2D eigenvalue weighted by Gasteiger charge is 2.27. The van der Waals surface area contributed by atoms with Gasteiger partial charge in [0.2, 0.25) is 0 Å². The molecule has 3 aromatic rings. The van der Waals surface area contributed by atoms with Crippen LogP contribution in [0.25, 0.3) is 0 Å². The van der Waals surface area contributed by atoms with Crippen LogP contribution in [0.4, 0.5) is 5.69 Å². The number of nitrogen functional groups attached to an aromatic ring is 1. The molecule has 1 aliphatic rings. The number of piperidine rings is 1. The van der Waals surface area contributed by atoms with Crippen LogP contribution in [0.2, 0.25) is 0 Å². The van der Waals surface area contributed by atoms with Gasteiger partial charge in [-0.3, -0.25) is 9.69 Å². The third-order valence-corrected chi connectivity index (χ3v) is 6.78. The number of rotatable bonds is 7. The molecule has 0 aromatic heterocycles. The van der Waals surface area contributed by atoms with Gasteiger partial charge in [0.05, 0.1) is 11.6 Å². The van der Waals surface area contributed by atoms with E-state index in [2.05, 4.69) is 84.7 Å². The van der Waals surface area contributed by atoms with E-state index in [0.717, 1.165) is 31.5 Å². The fraction of sp³-hybridized carbons (Fsp3) is 0.345. The standard InChI is InChI=1S/C29H35N3O/c1-21(2)25-13-14-27(30)26(19-25)29(33)31-20-22-15-17-32(18-16-22)28(23-9-5-3-6-10-23)24-11-7-4-8-12-24/h3-14,19,21-22,28H,15-18,20,30H2,1-2H3,(H,31,33). The molecule has 0 bridgehead atoms. The Hall–Kier alpha value is -3.11. The largest absolute Gasteiger partial charge is 0.398 e. The molecule has 0 saturated carbocycles. The topological polar surface area (TPSA) is 58.4 Å². The Balaban J connectivity index is 1.37. The van der Waals surface area contributed by atoms with Gasteiger partial charge in [0.25, 0.3) is 5.91 Å². The van der Waals surface area contributed by atoms with Gasteiger partial charge in [0, 0.05) is 12.2 Å². The summed E-state index contributed by atoms with van der Waals surface area (Å²) in [4.78, 5) is 15.4. The van der Waals surface area contributed by atoms with Crippen LogP contribution in [0.1, 0.15) is 65.7 Å².